The number of benzene rings is 1. The van der Waals surface area contributed by atoms with Crippen molar-refractivity contribution in [1.29, 1.82) is 0 Å². The second-order valence-corrected chi connectivity index (χ2v) is 8.39. The van der Waals surface area contributed by atoms with Crippen LogP contribution in [0.15, 0.2) is 24.3 Å². The third kappa shape index (κ3) is 13.6. The van der Waals surface area contributed by atoms with Crippen LogP contribution in [0.2, 0.25) is 0 Å². The van der Waals surface area contributed by atoms with Gasteiger partial charge in [-0.1, -0.05) is 96.6 Å². The van der Waals surface area contributed by atoms with Crippen LogP contribution in [0, 0.1) is 0 Å². The topological polar surface area (TPSA) is 50.4 Å². The van der Waals surface area contributed by atoms with E-state index < -0.39 is 0 Å². The van der Waals surface area contributed by atoms with Gasteiger partial charge in [-0.15, -0.1) is 0 Å². The Morgan fingerprint density at radius 2 is 1.40 bits per heavy atom. The fraction of sp³-hybridized carbons (Fsp3) is 0.680. The molecule has 0 atom stereocenters. The van der Waals surface area contributed by atoms with Crippen molar-refractivity contribution in [3.05, 3.63) is 24.3 Å². The summed E-state index contributed by atoms with van der Waals surface area (Å²) in [5, 5.41) is 6.20. The molecular formula is C25H42N2O2S. The minimum Gasteiger partial charge on any atom is -0.491 e. The molecule has 1 aromatic rings. The highest BCUT2D eigenvalue weighted by Crippen LogP contribution is 2.24. The molecule has 0 aliphatic heterocycles. The summed E-state index contributed by atoms with van der Waals surface area (Å²) in [6.07, 6.45) is 16.7. The number of amides is 1. The van der Waals surface area contributed by atoms with Gasteiger partial charge in [-0.2, -0.15) is 0 Å². The molecule has 0 aliphatic rings. The van der Waals surface area contributed by atoms with Crippen LogP contribution in [-0.4, -0.2) is 17.6 Å². The predicted molar refractivity (Wildman–Crippen MR) is 132 cm³/mol. The molecule has 0 radical (unpaired) electrons. The number of carbonyl (C=O) groups excluding carboxylic acids is 1. The van der Waals surface area contributed by atoms with E-state index in [0.717, 1.165) is 37.1 Å². The van der Waals surface area contributed by atoms with Gasteiger partial charge in [0.1, 0.15) is 5.75 Å². The molecule has 1 amide bonds. The van der Waals surface area contributed by atoms with Gasteiger partial charge in [-0.05, 0) is 37.2 Å². The minimum atomic E-state index is -0.0205. The predicted octanol–water partition coefficient (Wildman–Crippen LogP) is 7.38. The lowest BCUT2D eigenvalue weighted by Crippen LogP contribution is -2.34. The SMILES string of the molecule is CCCCCCCCCCCCCC(=O)NC(=S)Nc1ccccc1OCCCC. The van der Waals surface area contributed by atoms with Gasteiger partial charge >= 0.3 is 0 Å². The van der Waals surface area contributed by atoms with Crippen molar-refractivity contribution in [2.75, 3.05) is 11.9 Å². The van der Waals surface area contributed by atoms with Gasteiger partial charge in [0.25, 0.3) is 0 Å². The molecule has 0 saturated heterocycles. The van der Waals surface area contributed by atoms with Crippen LogP contribution in [0.4, 0.5) is 5.69 Å². The maximum Gasteiger partial charge on any atom is 0.226 e. The van der Waals surface area contributed by atoms with E-state index >= 15 is 0 Å². The van der Waals surface area contributed by atoms with Gasteiger partial charge in [0, 0.05) is 6.42 Å². The number of unbranched alkanes of at least 4 members (excludes halogenated alkanes) is 11. The van der Waals surface area contributed by atoms with Gasteiger partial charge in [-0.25, -0.2) is 0 Å². The second kappa shape index (κ2) is 18.2. The van der Waals surface area contributed by atoms with E-state index in [9.17, 15) is 4.79 Å². The Kier molecular flexibility index (Phi) is 16.0. The number of thiocarbonyl (C=S) groups is 1. The van der Waals surface area contributed by atoms with Crippen LogP contribution in [0.5, 0.6) is 5.75 Å². The van der Waals surface area contributed by atoms with Gasteiger partial charge in [0.05, 0.1) is 12.3 Å². The number of nitrogens with one attached hydrogen (secondary N) is 2. The first-order valence-corrected chi connectivity index (χ1v) is 12.4. The summed E-state index contributed by atoms with van der Waals surface area (Å²) in [5.74, 6) is 0.737. The van der Waals surface area contributed by atoms with Crippen molar-refractivity contribution in [1.82, 2.24) is 5.32 Å². The van der Waals surface area contributed by atoms with Crippen LogP contribution in [0.25, 0.3) is 0 Å². The molecule has 0 heterocycles. The first-order chi connectivity index (χ1) is 14.7. The molecule has 5 heteroatoms. The summed E-state index contributed by atoms with van der Waals surface area (Å²) < 4.78 is 5.79. The molecule has 1 rings (SSSR count). The van der Waals surface area contributed by atoms with E-state index in [1.54, 1.807) is 0 Å². The maximum atomic E-state index is 12.1. The van der Waals surface area contributed by atoms with Crippen molar-refractivity contribution in [3.63, 3.8) is 0 Å². The monoisotopic (exact) mass is 434 g/mol. The molecule has 0 aromatic heterocycles. The fourth-order valence-electron chi connectivity index (χ4n) is 3.31. The van der Waals surface area contributed by atoms with Crippen LogP contribution in [0.3, 0.4) is 0 Å². The Bertz CT molecular complexity index is 592. The third-order valence-corrected chi connectivity index (χ3v) is 5.36. The number of ether oxygens (including phenoxy) is 1. The van der Waals surface area contributed by atoms with Crippen molar-refractivity contribution in [2.45, 2.75) is 104 Å². The van der Waals surface area contributed by atoms with E-state index in [4.69, 9.17) is 17.0 Å². The summed E-state index contributed by atoms with van der Waals surface area (Å²) >= 11 is 5.30. The van der Waals surface area contributed by atoms with E-state index in [0.29, 0.717) is 18.1 Å². The van der Waals surface area contributed by atoms with Gasteiger partial charge in [-0.3, -0.25) is 4.79 Å². The molecule has 4 nitrogen and oxygen atoms in total. The number of carbonyl (C=O) groups is 1. The number of para-hydroxylation sites is 2. The first-order valence-electron chi connectivity index (χ1n) is 12.0. The molecular weight excluding hydrogens is 392 g/mol. The molecule has 170 valence electrons. The van der Waals surface area contributed by atoms with Crippen LogP contribution in [0.1, 0.15) is 104 Å². The molecule has 1 aromatic carbocycles. The van der Waals surface area contributed by atoms with Crippen LogP contribution < -0.4 is 15.4 Å². The summed E-state index contributed by atoms with van der Waals surface area (Å²) in [6, 6.07) is 7.67. The number of anilines is 1. The third-order valence-electron chi connectivity index (χ3n) is 5.15. The molecule has 0 spiro atoms. The van der Waals surface area contributed by atoms with E-state index in [-0.39, 0.29) is 5.91 Å². The second-order valence-electron chi connectivity index (χ2n) is 7.99. The highest BCUT2D eigenvalue weighted by Gasteiger charge is 2.08. The van der Waals surface area contributed by atoms with E-state index in [2.05, 4.69) is 24.5 Å². The molecule has 2 N–H and O–H groups in total. The average molecular weight is 435 g/mol. The lowest BCUT2D eigenvalue weighted by atomic mass is 10.1. The van der Waals surface area contributed by atoms with Crippen molar-refractivity contribution >= 4 is 28.9 Å². The van der Waals surface area contributed by atoms with E-state index in [1.165, 1.54) is 57.8 Å². The molecule has 0 unspecified atom stereocenters. The number of rotatable bonds is 17. The Hall–Kier alpha value is -1.62. The fourth-order valence-corrected chi connectivity index (χ4v) is 3.54. The largest absolute Gasteiger partial charge is 0.491 e. The molecule has 30 heavy (non-hydrogen) atoms. The molecule has 0 fully saturated rings. The average Bonchev–Trinajstić information content (AvgIpc) is 2.73. The number of hydrogen-bond donors (Lipinski definition) is 2. The molecule has 0 aliphatic carbocycles. The van der Waals surface area contributed by atoms with Crippen LogP contribution >= 0.6 is 12.2 Å². The molecule has 0 saturated carbocycles. The van der Waals surface area contributed by atoms with Crippen molar-refractivity contribution in [2.24, 2.45) is 0 Å². The Labute approximate surface area is 189 Å². The maximum absolute atomic E-state index is 12.1. The zero-order valence-electron chi connectivity index (χ0n) is 19.1. The summed E-state index contributed by atoms with van der Waals surface area (Å²) in [5.41, 5.74) is 0.786. The quantitative estimate of drug-likeness (QED) is 0.198. The van der Waals surface area contributed by atoms with Gasteiger partial charge in [0.2, 0.25) is 5.91 Å². The molecule has 0 bridgehead atoms. The first kappa shape index (κ1) is 26.4. The Morgan fingerprint density at radius 3 is 2.03 bits per heavy atom. The summed E-state index contributed by atoms with van der Waals surface area (Å²) in [4.78, 5) is 12.1. The van der Waals surface area contributed by atoms with Gasteiger partial charge < -0.3 is 15.4 Å². The Balaban J connectivity index is 2.11. The van der Waals surface area contributed by atoms with Crippen molar-refractivity contribution in [3.8, 4) is 5.75 Å². The van der Waals surface area contributed by atoms with Crippen LogP contribution in [-0.2, 0) is 4.79 Å². The Morgan fingerprint density at radius 1 is 0.833 bits per heavy atom. The summed E-state index contributed by atoms with van der Waals surface area (Å²) in [7, 11) is 0. The number of hydrogen-bond acceptors (Lipinski definition) is 3. The minimum absolute atomic E-state index is 0.0205. The zero-order valence-corrected chi connectivity index (χ0v) is 20.0. The summed E-state index contributed by atoms with van der Waals surface area (Å²) in [6.45, 7) is 5.06. The highest BCUT2D eigenvalue weighted by molar-refractivity contribution is 7.80. The standard InChI is InChI=1S/C25H42N2O2S/c1-3-5-7-8-9-10-11-12-13-14-15-20-24(28)27-25(30)26-22-18-16-17-19-23(22)29-21-6-4-2/h16-19H,3-15,20-21H2,1-2H3,(H2,26,27,28,30). The zero-order chi connectivity index (χ0) is 21.9. The van der Waals surface area contributed by atoms with Crippen molar-refractivity contribution < 1.29 is 9.53 Å². The van der Waals surface area contributed by atoms with Gasteiger partial charge in [0.15, 0.2) is 5.11 Å². The highest BCUT2D eigenvalue weighted by atomic mass is 32.1. The lowest BCUT2D eigenvalue weighted by Gasteiger charge is -2.14. The van der Waals surface area contributed by atoms with E-state index in [1.807, 2.05) is 24.3 Å². The smallest absolute Gasteiger partial charge is 0.226 e. The normalized spacial score (nSPS) is 10.6. The lowest BCUT2D eigenvalue weighted by molar-refractivity contribution is -0.119.